The van der Waals surface area contributed by atoms with E-state index in [2.05, 4.69) is 0 Å². The van der Waals surface area contributed by atoms with Gasteiger partial charge in [-0.25, -0.2) is 4.39 Å². The van der Waals surface area contributed by atoms with Crippen molar-refractivity contribution in [2.24, 2.45) is 0 Å². The van der Waals surface area contributed by atoms with Crippen LogP contribution in [-0.4, -0.2) is 18.2 Å². The number of hydrogen-bond acceptors (Lipinski definition) is 2. The van der Waals surface area contributed by atoms with Gasteiger partial charge in [-0.1, -0.05) is 6.07 Å². The number of aryl methyl sites for hydroxylation is 1. The van der Waals surface area contributed by atoms with E-state index in [1.807, 2.05) is 6.92 Å². The third kappa shape index (κ3) is 1.99. The summed E-state index contributed by atoms with van der Waals surface area (Å²) in [5.41, 5.74) is 1.19. The number of methoxy groups -OCH3 is 1. The molecule has 1 aliphatic carbocycles. The van der Waals surface area contributed by atoms with Crippen LogP contribution in [0.4, 0.5) is 4.39 Å². The highest BCUT2D eigenvalue weighted by atomic mass is 19.1. The molecule has 0 spiro atoms. The molecule has 0 radical (unpaired) electrons. The number of rotatable bonds is 4. The number of carboxylic acids is 1. The van der Waals surface area contributed by atoms with Crippen molar-refractivity contribution in [1.29, 1.82) is 0 Å². The summed E-state index contributed by atoms with van der Waals surface area (Å²) in [7, 11) is 1.41. The number of carboxylic acid groups (broad SMARTS) is 1. The second-order valence-electron chi connectivity index (χ2n) is 4.62. The Hall–Kier alpha value is -1.58. The molecule has 0 aromatic heterocycles. The van der Waals surface area contributed by atoms with Gasteiger partial charge in [0.05, 0.1) is 13.5 Å². The molecule has 4 heteroatoms. The SMILES string of the molecule is COc1c(F)ccc(C)c1C1(CC(=O)O)CC1. The minimum Gasteiger partial charge on any atom is -0.493 e. The smallest absolute Gasteiger partial charge is 0.304 e. The Bertz CT molecular complexity index is 464. The largest absolute Gasteiger partial charge is 0.493 e. The maximum Gasteiger partial charge on any atom is 0.304 e. The van der Waals surface area contributed by atoms with E-state index in [-0.39, 0.29) is 12.2 Å². The van der Waals surface area contributed by atoms with Crippen molar-refractivity contribution in [3.63, 3.8) is 0 Å². The van der Waals surface area contributed by atoms with Gasteiger partial charge >= 0.3 is 5.97 Å². The Morgan fingerprint density at radius 3 is 2.65 bits per heavy atom. The molecule has 1 fully saturated rings. The van der Waals surface area contributed by atoms with Crippen LogP contribution in [0.1, 0.15) is 30.4 Å². The molecule has 1 aromatic carbocycles. The third-order valence-corrected chi connectivity index (χ3v) is 3.40. The van der Waals surface area contributed by atoms with Gasteiger partial charge in [0, 0.05) is 11.0 Å². The number of aliphatic carboxylic acids is 1. The molecule has 0 atom stereocenters. The second-order valence-corrected chi connectivity index (χ2v) is 4.62. The molecule has 0 heterocycles. The standard InChI is InChI=1S/C13H15FO3/c1-8-3-4-9(14)12(17-2)11(8)13(5-6-13)7-10(15)16/h3-4H,5-7H2,1-2H3,(H,15,16). The van der Waals surface area contributed by atoms with E-state index in [4.69, 9.17) is 9.84 Å². The van der Waals surface area contributed by atoms with Crippen molar-refractivity contribution in [2.45, 2.75) is 31.6 Å². The molecule has 1 aromatic rings. The molecule has 1 saturated carbocycles. The van der Waals surface area contributed by atoms with Crippen LogP contribution in [0.15, 0.2) is 12.1 Å². The van der Waals surface area contributed by atoms with Crippen molar-refractivity contribution >= 4 is 5.97 Å². The molecule has 0 aliphatic heterocycles. The molecule has 0 amide bonds. The number of hydrogen-bond donors (Lipinski definition) is 1. The first-order valence-corrected chi connectivity index (χ1v) is 5.55. The number of benzene rings is 1. The number of ether oxygens (including phenoxy) is 1. The van der Waals surface area contributed by atoms with Gasteiger partial charge in [0.2, 0.25) is 0 Å². The first-order valence-electron chi connectivity index (χ1n) is 5.55. The Labute approximate surface area is 99.2 Å². The summed E-state index contributed by atoms with van der Waals surface area (Å²) in [6.07, 6.45) is 1.59. The van der Waals surface area contributed by atoms with Crippen LogP contribution in [0.2, 0.25) is 0 Å². The summed E-state index contributed by atoms with van der Waals surface area (Å²) in [5, 5.41) is 8.94. The molecule has 92 valence electrons. The molecular weight excluding hydrogens is 223 g/mol. The predicted molar refractivity (Wildman–Crippen MR) is 60.9 cm³/mol. The van der Waals surface area contributed by atoms with E-state index in [0.29, 0.717) is 0 Å². The molecule has 2 rings (SSSR count). The van der Waals surface area contributed by atoms with Crippen LogP contribution in [0.25, 0.3) is 0 Å². The van der Waals surface area contributed by atoms with Crippen molar-refractivity contribution in [3.05, 3.63) is 29.1 Å². The lowest BCUT2D eigenvalue weighted by Gasteiger charge is -2.20. The topological polar surface area (TPSA) is 46.5 Å². The van der Waals surface area contributed by atoms with Gasteiger partial charge in [0.1, 0.15) is 0 Å². The van der Waals surface area contributed by atoms with Gasteiger partial charge in [-0.15, -0.1) is 0 Å². The highest BCUT2D eigenvalue weighted by molar-refractivity contribution is 5.71. The Morgan fingerprint density at radius 1 is 1.53 bits per heavy atom. The lowest BCUT2D eigenvalue weighted by molar-refractivity contribution is -0.137. The normalized spacial score (nSPS) is 16.6. The third-order valence-electron chi connectivity index (χ3n) is 3.40. The van der Waals surface area contributed by atoms with Crippen LogP contribution in [-0.2, 0) is 10.2 Å². The summed E-state index contributed by atoms with van der Waals surface area (Å²) in [4.78, 5) is 10.9. The second kappa shape index (κ2) is 4.02. The molecule has 1 N–H and O–H groups in total. The van der Waals surface area contributed by atoms with Crippen LogP contribution in [0.3, 0.4) is 0 Å². The van der Waals surface area contributed by atoms with E-state index >= 15 is 0 Å². The lowest BCUT2D eigenvalue weighted by atomic mass is 9.88. The van der Waals surface area contributed by atoms with Crippen LogP contribution >= 0.6 is 0 Å². The predicted octanol–water partition coefficient (Wildman–Crippen LogP) is 2.65. The van der Waals surface area contributed by atoms with Gasteiger partial charge in [-0.3, -0.25) is 4.79 Å². The minimum atomic E-state index is -0.854. The minimum absolute atomic E-state index is 0.0354. The Kier molecular flexibility index (Phi) is 2.81. The maximum atomic E-state index is 13.7. The first-order chi connectivity index (χ1) is 8.00. The fourth-order valence-electron chi connectivity index (χ4n) is 2.47. The molecule has 1 aliphatic rings. The van der Waals surface area contributed by atoms with Crippen molar-refractivity contribution in [2.75, 3.05) is 7.11 Å². The van der Waals surface area contributed by atoms with Crippen molar-refractivity contribution in [1.82, 2.24) is 0 Å². The van der Waals surface area contributed by atoms with Gasteiger partial charge in [0.25, 0.3) is 0 Å². The molecule has 0 bridgehead atoms. The number of halogens is 1. The highest BCUT2D eigenvalue weighted by Gasteiger charge is 2.49. The van der Waals surface area contributed by atoms with E-state index in [1.165, 1.54) is 13.2 Å². The highest BCUT2D eigenvalue weighted by Crippen LogP contribution is 2.55. The summed E-state index contributed by atoms with van der Waals surface area (Å²) in [6.45, 7) is 1.86. The van der Waals surface area contributed by atoms with Crippen LogP contribution in [0, 0.1) is 12.7 Å². The van der Waals surface area contributed by atoms with Gasteiger partial charge in [0.15, 0.2) is 11.6 Å². The van der Waals surface area contributed by atoms with E-state index in [9.17, 15) is 9.18 Å². The van der Waals surface area contributed by atoms with Crippen LogP contribution < -0.4 is 4.74 Å². The van der Waals surface area contributed by atoms with E-state index in [1.54, 1.807) is 6.07 Å². The monoisotopic (exact) mass is 238 g/mol. The Balaban J connectivity index is 2.51. The van der Waals surface area contributed by atoms with E-state index < -0.39 is 17.2 Å². The fraction of sp³-hybridized carbons (Fsp3) is 0.462. The van der Waals surface area contributed by atoms with Crippen molar-refractivity contribution in [3.8, 4) is 5.75 Å². The molecule has 3 nitrogen and oxygen atoms in total. The van der Waals surface area contributed by atoms with Crippen molar-refractivity contribution < 1.29 is 19.0 Å². The average molecular weight is 238 g/mol. The zero-order chi connectivity index (χ0) is 12.6. The molecule has 0 saturated heterocycles. The Morgan fingerprint density at radius 2 is 2.18 bits per heavy atom. The zero-order valence-electron chi connectivity index (χ0n) is 9.92. The summed E-state index contributed by atoms with van der Waals surface area (Å²) in [6, 6.07) is 3.03. The van der Waals surface area contributed by atoms with Gasteiger partial charge in [-0.2, -0.15) is 0 Å². The summed E-state index contributed by atoms with van der Waals surface area (Å²) >= 11 is 0. The maximum absolute atomic E-state index is 13.7. The molecule has 0 unspecified atom stereocenters. The average Bonchev–Trinajstić information content (AvgIpc) is 3.00. The summed E-state index contributed by atoms with van der Waals surface area (Å²) in [5.74, 6) is -1.08. The van der Waals surface area contributed by atoms with Gasteiger partial charge in [-0.05, 0) is 31.4 Å². The van der Waals surface area contributed by atoms with Gasteiger partial charge < -0.3 is 9.84 Å². The first kappa shape index (κ1) is 11.9. The number of carbonyl (C=O) groups is 1. The van der Waals surface area contributed by atoms with E-state index in [0.717, 1.165) is 24.0 Å². The molecule has 17 heavy (non-hydrogen) atoms. The lowest BCUT2D eigenvalue weighted by Crippen LogP contribution is -2.16. The molecular formula is C13H15FO3. The fourth-order valence-corrected chi connectivity index (χ4v) is 2.47. The quantitative estimate of drug-likeness (QED) is 0.877. The zero-order valence-corrected chi connectivity index (χ0v) is 9.92. The van der Waals surface area contributed by atoms with Crippen LogP contribution in [0.5, 0.6) is 5.75 Å². The summed E-state index contributed by atoms with van der Waals surface area (Å²) < 4.78 is 18.8.